The minimum Gasteiger partial charge on any atom is -0.486 e. The number of amides is 2. The van der Waals surface area contributed by atoms with Crippen LogP contribution in [0.4, 0.5) is 15.1 Å². The number of hydrogen-bond acceptors (Lipinski definition) is 5. The second kappa shape index (κ2) is 10.6. The third kappa shape index (κ3) is 5.86. The van der Waals surface area contributed by atoms with Gasteiger partial charge >= 0.3 is 6.03 Å². The Kier molecular flexibility index (Phi) is 7.54. The Morgan fingerprint density at radius 1 is 1.30 bits per heavy atom. The molecule has 0 saturated carbocycles. The molecule has 1 aromatic heterocycles. The van der Waals surface area contributed by atoms with E-state index < -0.39 is 11.9 Å². The first-order valence-corrected chi connectivity index (χ1v) is 11.3. The number of halogens is 3. The van der Waals surface area contributed by atoms with Crippen LogP contribution >= 0.6 is 23.2 Å². The van der Waals surface area contributed by atoms with Crippen LogP contribution in [0.15, 0.2) is 30.3 Å². The van der Waals surface area contributed by atoms with Gasteiger partial charge in [-0.2, -0.15) is 0 Å². The van der Waals surface area contributed by atoms with Crippen LogP contribution in [0.25, 0.3) is 11.0 Å². The fourth-order valence-corrected chi connectivity index (χ4v) is 4.28. The minimum absolute atomic E-state index is 0.0660. The lowest BCUT2D eigenvalue weighted by Crippen LogP contribution is -2.42. The monoisotopic (exact) mass is 495 g/mol. The van der Waals surface area contributed by atoms with E-state index in [0.29, 0.717) is 39.9 Å². The van der Waals surface area contributed by atoms with Gasteiger partial charge in [0.1, 0.15) is 17.7 Å². The summed E-state index contributed by atoms with van der Waals surface area (Å²) in [5.41, 5.74) is 1.69. The Morgan fingerprint density at radius 2 is 2.09 bits per heavy atom. The normalized spacial score (nSPS) is 15.4. The predicted octanol–water partition coefficient (Wildman–Crippen LogP) is 4.60. The summed E-state index contributed by atoms with van der Waals surface area (Å²) in [4.78, 5) is 21.8. The highest BCUT2D eigenvalue weighted by Crippen LogP contribution is 2.35. The van der Waals surface area contributed by atoms with Crippen molar-refractivity contribution in [3.63, 3.8) is 0 Å². The Hall–Kier alpha value is -2.59. The van der Waals surface area contributed by atoms with Gasteiger partial charge in [-0.1, -0.05) is 23.2 Å². The highest BCUT2D eigenvalue weighted by Gasteiger charge is 2.19. The van der Waals surface area contributed by atoms with E-state index in [1.165, 1.54) is 12.1 Å². The number of H-pyrrole nitrogens is 1. The van der Waals surface area contributed by atoms with E-state index in [1.54, 1.807) is 25.1 Å². The van der Waals surface area contributed by atoms with E-state index in [2.05, 4.69) is 25.5 Å². The van der Waals surface area contributed by atoms with Crippen LogP contribution in [0.5, 0.6) is 5.75 Å². The number of carbonyl (C=O) groups excluding carboxylic acids is 1. The number of ether oxygens (including phenoxy) is 2. The molecule has 2 heterocycles. The van der Waals surface area contributed by atoms with Crippen molar-refractivity contribution >= 4 is 46.2 Å². The molecular weight excluding hydrogens is 472 g/mol. The third-order valence-electron chi connectivity index (χ3n) is 5.30. The largest absolute Gasteiger partial charge is 0.486 e. The van der Waals surface area contributed by atoms with Gasteiger partial charge in [0.15, 0.2) is 0 Å². The van der Waals surface area contributed by atoms with Gasteiger partial charge < -0.3 is 19.8 Å². The zero-order valence-corrected chi connectivity index (χ0v) is 19.5. The molecule has 1 saturated heterocycles. The molecule has 0 radical (unpaired) electrons. The number of aromatic amines is 1. The molecule has 2 aromatic carbocycles. The van der Waals surface area contributed by atoms with Gasteiger partial charge in [0, 0.05) is 42.8 Å². The number of benzene rings is 2. The molecule has 3 N–H and O–H groups in total. The standard InChI is InChI=1S/C22H24Cl2FN5O3/c1-13(19-15(23)3-4-16(25)20(19)24)33-14-2-5-17-18(12-14)28-21(27-17)29-22(31)26-6-7-30-8-10-32-11-9-30/h2-5,12-13H,6-11H2,1H3,(H3,26,27,28,29,31). The first kappa shape index (κ1) is 23.6. The summed E-state index contributed by atoms with van der Waals surface area (Å²) in [6, 6.07) is 7.53. The smallest absolute Gasteiger partial charge is 0.321 e. The highest BCUT2D eigenvalue weighted by molar-refractivity contribution is 6.36. The molecule has 1 aliphatic rings. The average molecular weight is 496 g/mol. The van der Waals surface area contributed by atoms with Crippen molar-refractivity contribution in [1.82, 2.24) is 20.2 Å². The highest BCUT2D eigenvalue weighted by atomic mass is 35.5. The quantitative estimate of drug-likeness (QED) is 0.416. The summed E-state index contributed by atoms with van der Waals surface area (Å²) in [5, 5.41) is 5.78. The van der Waals surface area contributed by atoms with Crippen LogP contribution in [0.1, 0.15) is 18.6 Å². The van der Waals surface area contributed by atoms with Crippen molar-refractivity contribution < 1.29 is 18.7 Å². The van der Waals surface area contributed by atoms with Crippen molar-refractivity contribution in [3.8, 4) is 5.75 Å². The first-order chi connectivity index (χ1) is 15.9. The number of urea groups is 1. The van der Waals surface area contributed by atoms with Crippen molar-refractivity contribution in [2.45, 2.75) is 13.0 Å². The molecule has 2 amide bonds. The van der Waals surface area contributed by atoms with Crippen LogP contribution in [-0.4, -0.2) is 60.3 Å². The van der Waals surface area contributed by atoms with Gasteiger partial charge in [-0.25, -0.2) is 14.2 Å². The van der Waals surface area contributed by atoms with Gasteiger partial charge in [-0.15, -0.1) is 0 Å². The number of nitrogens with one attached hydrogen (secondary N) is 3. The first-order valence-electron chi connectivity index (χ1n) is 10.6. The van der Waals surface area contributed by atoms with Gasteiger partial charge in [0.2, 0.25) is 5.95 Å². The summed E-state index contributed by atoms with van der Waals surface area (Å²) < 4.78 is 25.1. The number of anilines is 1. The Labute approximate surface area is 200 Å². The van der Waals surface area contributed by atoms with Crippen molar-refractivity contribution in [1.29, 1.82) is 0 Å². The minimum atomic E-state index is -0.587. The van der Waals surface area contributed by atoms with E-state index in [9.17, 15) is 9.18 Å². The van der Waals surface area contributed by atoms with Crippen LogP contribution in [0.3, 0.4) is 0 Å². The van der Waals surface area contributed by atoms with Gasteiger partial charge in [-0.3, -0.25) is 10.2 Å². The number of rotatable bonds is 7. The van der Waals surface area contributed by atoms with Crippen LogP contribution in [0.2, 0.25) is 10.0 Å². The molecule has 1 fully saturated rings. The Bertz CT molecular complexity index is 1140. The number of imidazole rings is 1. The Morgan fingerprint density at radius 3 is 2.88 bits per heavy atom. The van der Waals surface area contributed by atoms with E-state index >= 15 is 0 Å². The third-order valence-corrected chi connectivity index (χ3v) is 6.02. The fourth-order valence-electron chi connectivity index (χ4n) is 3.60. The summed E-state index contributed by atoms with van der Waals surface area (Å²) in [6.07, 6.45) is -0.587. The SMILES string of the molecule is CC(Oc1ccc2nc(NC(=O)NCCN3CCOCC3)[nH]c2c1)c1c(Cl)ccc(F)c1Cl. The molecule has 176 valence electrons. The lowest BCUT2D eigenvalue weighted by Gasteiger charge is -2.26. The second-order valence-corrected chi connectivity index (χ2v) is 8.40. The average Bonchev–Trinajstić information content (AvgIpc) is 3.18. The van der Waals surface area contributed by atoms with Crippen molar-refractivity contribution in [2.24, 2.45) is 0 Å². The molecule has 1 aliphatic heterocycles. The maximum Gasteiger partial charge on any atom is 0.321 e. The molecule has 0 aliphatic carbocycles. The number of morpholine rings is 1. The van der Waals surface area contributed by atoms with E-state index in [1.807, 2.05) is 0 Å². The Balaban J connectivity index is 1.36. The molecule has 4 rings (SSSR count). The van der Waals surface area contributed by atoms with Crippen molar-refractivity contribution in [3.05, 3.63) is 51.8 Å². The van der Waals surface area contributed by atoms with Crippen LogP contribution in [0, 0.1) is 5.82 Å². The zero-order chi connectivity index (χ0) is 23.4. The van der Waals surface area contributed by atoms with Crippen LogP contribution < -0.4 is 15.4 Å². The van der Waals surface area contributed by atoms with Gasteiger partial charge in [0.25, 0.3) is 0 Å². The maximum absolute atomic E-state index is 13.8. The molecule has 11 heteroatoms. The molecule has 0 spiro atoms. The molecule has 1 atom stereocenters. The number of fused-ring (bicyclic) bond motifs is 1. The summed E-state index contributed by atoms with van der Waals surface area (Å²) >= 11 is 12.3. The number of aromatic nitrogens is 2. The predicted molar refractivity (Wildman–Crippen MR) is 126 cm³/mol. The summed E-state index contributed by atoms with van der Waals surface area (Å²) in [7, 11) is 0. The molecule has 1 unspecified atom stereocenters. The van der Waals surface area contributed by atoms with Crippen LogP contribution in [-0.2, 0) is 4.74 Å². The summed E-state index contributed by atoms with van der Waals surface area (Å²) in [6.45, 7) is 6.19. The van der Waals surface area contributed by atoms with E-state index in [4.69, 9.17) is 32.7 Å². The molecule has 8 nitrogen and oxygen atoms in total. The second-order valence-electron chi connectivity index (χ2n) is 7.62. The van der Waals surface area contributed by atoms with E-state index in [0.717, 1.165) is 32.8 Å². The summed E-state index contributed by atoms with van der Waals surface area (Å²) in [5.74, 6) is 0.265. The number of carbonyl (C=O) groups is 1. The van der Waals surface area contributed by atoms with E-state index in [-0.39, 0.29) is 11.1 Å². The molecular formula is C22H24Cl2FN5O3. The molecule has 33 heavy (non-hydrogen) atoms. The lowest BCUT2D eigenvalue weighted by atomic mass is 10.1. The number of hydrogen-bond donors (Lipinski definition) is 3. The number of nitrogens with zero attached hydrogens (tertiary/aromatic N) is 2. The fraction of sp³-hybridized carbons (Fsp3) is 0.364. The van der Waals surface area contributed by atoms with Gasteiger partial charge in [-0.05, 0) is 31.2 Å². The lowest BCUT2D eigenvalue weighted by molar-refractivity contribution is 0.0388. The molecule has 0 bridgehead atoms. The van der Waals surface area contributed by atoms with Gasteiger partial charge in [0.05, 0.1) is 29.3 Å². The molecule has 3 aromatic rings. The maximum atomic E-state index is 13.8. The zero-order valence-electron chi connectivity index (χ0n) is 18.0. The van der Waals surface area contributed by atoms with Crippen molar-refractivity contribution in [2.75, 3.05) is 44.7 Å². The topological polar surface area (TPSA) is 91.5 Å².